The van der Waals surface area contributed by atoms with Crippen molar-refractivity contribution in [2.45, 2.75) is 6.92 Å². The van der Waals surface area contributed by atoms with Gasteiger partial charge in [0.15, 0.2) is 11.6 Å². The molecule has 114 valence electrons. The van der Waals surface area contributed by atoms with Crippen molar-refractivity contribution in [2.75, 3.05) is 6.61 Å². The first-order valence-electron chi connectivity index (χ1n) is 6.61. The Morgan fingerprint density at radius 2 is 1.91 bits per heavy atom. The Bertz CT molecular complexity index is 685. The molecule has 0 heterocycles. The maximum atomic E-state index is 13.0. The highest BCUT2D eigenvalue weighted by atomic mass is 19.2. The molecule has 0 unspecified atom stereocenters. The van der Waals surface area contributed by atoms with Gasteiger partial charge in [-0.15, -0.1) is 0 Å². The van der Waals surface area contributed by atoms with Crippen LogP contribution in [0.25, 0.3) is 0 Å². The molecule has 2 aromatic carbocycles. The molecule has 22 heavy (non-hydrogen) atoms. The van der Waals surface area contributed by atoms with Crippen molar-refractivity contribution in [2.24, 2.45) is 5.10 Å². The van der Waals surface area contributed by atoms with Gasteiger partial charge in [-0.1, -0.05) is 6.07 Å². The van der Waals surface area contributed by atoms with Gasteiger partial charge in [0.2, 0.25) is 0 Å². The third-order valence-electron chi connectivity index (χ3n) is 2.75. The summed E-state index contributed by atoms with van der Waals surface area (Å²) in [5.41, 5.74) is 3.05. The molecule has 0 aliphatic rings. The Labute approximate surface area is 126 Å². The zero-order valence-electron chi connectivity index (χ0n) is 11.8. The largest absolute Gasteiger partial charge is 0.494 e. The van der Waals surface area contributed by atoms with Crippen LogP contribution in [0.4, 0.5) is 8.78 Å². The fourth-order valence-corrected chi connectivity index (χ4v) is 1.69. The van der Waals surface area contributed by atoms with Gasteiger partial charge in [-0.25, -0.2) is 14.2 Å². The van der Waals surface area contributed by atoms with Crippen LogP contribution in [0.15, 0.2) is 47.6 Å². The van der Waals surface area contributed by atoms with Crippen molar-refractivity contribution in [1.29, 1.82) is 0 Å². The van der Waals surface area contributed by atoms with E-state index in [2.05, 4.69) is 10.5 Å². The smallest absolute Gasteiger partial charge is 0.271 e. The van der Waals surface area contributed by atoms with Crippen LogP contribution in [0.3, 0.4) is 0 Å². The molecule has 2 rings (SSSR count). The molecule has 0 aliphatic carbocycles. The molecule has 0 radical (unpaired) electrons. The number of halogens is 2. The van der Waals surface area contributed by atoms with Crippen LogP contribution in [-0.4, -0.2) is 18.7 Å². The van der Waals surface area contributed by atoms with Gasteiger partial charge in [0.05, 0.1) is 12.8 Å². The van der Waals surface area contributed by atoms with E-state index in [1.165, 1.54) is 12.3 Å². The Morgan fingerprint density at radius 1 is 1.18 bits per heavy atom. The SMILES string of the molecule is CCOc1ccc(C(=O)N/N=C/c2ccc(F)c(F)c2)cc1. The molecule has 0 saturated carbocycles. The predicted octanol–water partition coefficient (Wildman–Crippen LogP) is 3.13. The molecule has 2 aromatic rings. The van der Waals surface area contributed by atoms with E-state index >= 15 is 0 Å². The van der Waals surface area contributed by atoms with Crippen molar-refractivity contribution in [3.63, 3.8) is 0 Å². The van der Waals surface area contributed by atoms with Crippen LogP contribution < -0.4 is 10.2 Å². The molecule has 0 aromatic heterocycles. The number of amides is 1. The lowest BCUT2D eigenvalue weighted by Gasteiger charge is -2.04. The van der Waals surface area contributed by atoms with E-state index < -0.39 is 17.5 Å². The summed E-state index contributed by atoms with van der Waals surface area (Å²) in [5, 5.41) is 3.70. The highest BCUT2D eigenvalue weighted by Gasteiger charge is 2.04. The second-order valence-electron chi connectivity index (χ2n) is 4.33. The van der Waals surface area contributed by atoms with Crippen molar-refractivity contribution < 1.29 is 18.3 Å². The van der Waals surface area contributed by atoms with Crippen molar-refractivity contribution in [3.05, 3.63) is 65.2 Å². The Kier molecular flexibility index (Phi) is 5.19. The van der Waals surface area contributed by atoms with E-state index in [4.69, 9.17) is 4.74 Å². The summed E-state index contributed by atoms with van der Waals surface area (Å²) in [6.45, 7) is 2.41. The predicted molar refractivity (Wildman–Crippen MR) is 79.0 cm³/mol. The third kappa shape index (κ3) is 4.12. The van der Waals surface area contributed by atoms with Gasteiger partial charge in [0.1, 0.15) is 5.75 Å². The Hall–Kier alpha value is -2.76. The number of hydrogen-bond acceptors (Lipinski definition) is 3. The van der Waals surface area contributed by atoms with Gasteiger partial charge in [-0.3, -0.25) is 4.79 Å². The van der Waals surface area contributed by atoms with E-state index in [1.807, 2.05) is 6.92 Å². The summed E-state index contributed by atoms with van der Waals surface area (Å²) < 4.78 is 31.0. The van der Waals surface area contributed by atoms with Gasteiger partial charge >= 0.3 is 0 Å². The molecule has 0 saturated heterocycles. The van der Waals surface area contributed by atoms with E-state index in [-0.39, 0.29) is 0 Å². The summed E-state index contributed by atoms with van der Waals surface area (Å²) in [5.74, 6) is -1.65. The monoisotopic (exact) mass is 304 g/mol. The summed E-state index contributed by atoms with van der Waals surface area (Å²) in [6.07, 6.45) is 1.23. The van der Waals surface area contributed by atoms with Gasteiger partial charge < -0.3 is 4.74 Å². The molecule has 1 amide bonds. The fraction of sp³-hybridized carbons (Fsp3) is 0.125. The van der Waals surface area contributed by atoms with Crippen molar-refractivity contribution in [3.8, 4) is 5.75 Å². The normalized spacial score (nSPS) is 10.7. The molecule has 6 heteroatoms. The van der Waals surface area contributed by atoms with Crippen LogP contribution >= 0.6 is 0 Å². The molecule has 1 N–H and O–H groups in total. The first-order valence-corrected chi connectivity index (χ1v) is 6.61. The lowest BCUT2D eigenvalue weighted by Crippen LogP contribution is -2.17. The standard InChI is InChI=1S/C16H14F2N2O2/c1-2-22-13-6-4-12(5-7-13)16(21)20-19-10-11-3-8-14(17)15(18)9-11/h3-10H,2H2,1H3,(H,20,21)/b19-10+. The summed E-state index contributed by atoms with van der Waals surface area (Å²) in [7, 11) is 0. The zero-order chi connectivity index (χ0) is 15.9. The third-order valence-corrected chi connectivity index (χ3v) is 2.75. The number of hydrazone groups is 1. The Balaban J connectivity index is 1.96. The maximum absolute atomic E-state index is 13.0. The van der Waals surface area contributed by atoms with E-state index in [0.717, 1.165) is 12.1 Å². The average Bonchev–Trinajstić information content (AvgIpc) is 2.52. The highest BCUT2D eigenvalue weighted by Crippen LogP contribution is 2.12. The number of nitrogens with zero attached hydrogens (tertiary/aromatic N) is 1. The second kappa shape index (κ2) is 7.31. The summed E-state index contributed by atoms with van der Waals surface area (Å²) in [6, 6.07) is 9.90. The first kappa shape index (κ1) is 15.6. The van der Waals surface area contributed by atoms with Gasteiger partial charge in [0.25, 0.3) is 5.91 Å². The number of carbonyl (C=O) groups is 1. The number of nitrogens with one attached hydrogen (secondary N) is 1. The van der Waals surface area contributed by atoms with Crippen LogP contribution in [0.2, 0.25) is 0 Å². The molecule has 0 bridgehead atoms. The minimum Gasteiger partial charge on any atom is -0.494 e. The molecule has 0 atom stereocenters. The summed E-state index contributed by atoms with van der Waals surface area (Å²) >= 11 is 0. The maximum Gasteiger partial charge on any atom is 0.271 e. The fourth-order valence-electron chi connectivity index (χ4n) is 1.69. The number of carbonyl (C=O) groups excluding carboxylic acids is 1. The molecular weight excluding hydrogens is 290 g/mol. The van der Waals surface area contributed by atoms with Crippen molar-refractivity contribution in [1.82, 2.24) is 5.43 Å². The lowest BCUT2D eigenvalue weighted by atomic mass is 10.2. The van der Waals surface area contributed by atoms with Gasteiger partial charge in [-0.05, 0) is 48.9 Å². The van der Waals surface area contributed by atoms with Crippen LogP contribution in [0.1, 0.15) is 22.8 Å². The number of hydrogen-bond donors (Lipinski definition) is 1. The van der Waals surface area contributed by atoms with E-state index in [1.54, 1.807) is 24.3 Å². The average molecular weight is 304 g/mol. The quantitative estimate of drug-likeness (QED) is 0.681. The van der Waals surface area contributed by atoms with E-state index in [9.17, 15) is 13.6 Å². The summed E-state index contributed by atoms with van der Waals surface area (Å²) in [4.78, 5) is 11.8. The second-order valence-corrected chi connectivity index (χ2v) is 4.33. The van der Waals surface area contributed by atoms with Crippen LogP contribution in [0.5, 0.6) is 5.75 Å². The Morgan fingerprint density at radius 3 is 2.55 bits per heavy atom. The molecule has 0 spiro atoms. The zero-order valence-corrected chi connectivity index (χ0v) is 11.8. The van der Waals surface area contributed by atoms with Crippen LogP contribution in [0, 0.1) is 11.6 Å². The van der Waals surface area contributed by atoms with Gasteiger partial charge in [-0.2, -0.15) is 5.10 Å². The van der Waals surface area contributed by atoms with E-state index in [0.29, 0.717) is 23.5 Å². The molecule has 0 aliphatic heterocycles. The number of benzene rings is 2. The topological polar surface area (TPSA) is 50.7 Å². The number of ether oxygens (including phenoxy) is 1. The molecular formula is C16H14F2N2O2. The van der Waals surface area contributed by atoms with Crippen molar-refractivity contribution >= 4 is 12.1 Å². The number of rotatable bonds is 5. The van der Waals surface area contributed by atoms with Crippen LogP contribution in [-0.2, 0) is 0 Å². The molecule has 4 nitrogen and oxygen atoms in total. The first-order chi connectivity index (χ1) is 10.6. The minimum atomic E-state index is -0.971. The highest BCUT2D eigenvalue weighted by molar-refractivity contribution is 5.94. The van der Waals surface area contributed by atoms with Gasteiger partial charge in [0, 0.05) is 5.56 Å². The molecule has 0 fully saturated rings. The minimum absolute atomic E-state index is 0.339. The lowest BCUT2D eigenvalue weighted by molar-refractivity contribution is 0.0955.